The Balaban J connectivity index is 1.60. The molecule has 0 aromatic heterocycles. The van der Waals surface area contributed by atoms with Crippen molar-refractivity contribution in [1.29, 1.82) is 0 Å². The second-order valence-electron chi connectivity index (χ2n) is 9.65. The summed E-state index contributed by atoms with van der Waals surface area (Å²) in [4.78, 5) is 2.37. The molecule has 0 bridgehead atoms. The van der Waals surface area contributed by atoms with Crippen LogP contribution >= 0.6 is 0 Å². The van der Waals surface area contributed by atoms with Crippen molar-refractivity contribution in [2.75, 3.05) is 32.8 Å². The average Bonchev–Trinajstić information content (AvgIpc) is 3.15. The Morgan fingerprint density at radius 1 is 1.25 bits per heavy atom. The number of sulfonamides is 1. The van der Waals surface area contributed by atoms with E-state index in [-0.39, 0.29) is 17.0 Å². The maximum atomic E-state index is 14.0. The van der Waals surface area contributed by atoms with E-state index < -0.39 is 39.1 Å². The number of nitrogens with zero attached hydrogens (tertiary/aromatic N) is 2. The summed E-state index contributed by atoms with van der Waals surface area (Å²) in [6, 6.07) is -0.383. The predicted molar refractivity (Wildman–Crippen MR) is 121 cm³/mol. The highest BCUT2D eigenvalue weighted by molar-refractivity contribution is 7.89. The molecule has 1 spiro atoms. The van der Waals surface area contributed by atoms with Crippen LogP contribution in [-0.4, -0.2) is 73.8 Å². The Kier molecular flexibility index (Phi) is 7.83. The second kappa shape index (κ2) is 9.90. The van der Waals surface area contributed by atoms with Gasteiger partial charge in [-0.3, -0.25) is 4.90 Å². The molecule has 3 fully saturated rings. The van der Waals surface area contributed by atoms with E-state index >= 15 is 0 Å². The number of likely N-dealkylation sites (tertiary alicyclic amines) is 1. The summed E-state index contributed by atoms with van der Waals surface area (Å²) >= 11 is 0. The highest BCUT2D eigenvalue weighted by Gasteiger charge is 2.46. The van der Waals surface area contributed by atoms with Gasteiger partial charge >= 0.3 is 0 Å². The van der Waals surface area contributed by atoms with Gasteiger partial charge in [-0.1, -0.05) is 0 Å². The lowest BCUT2D eigenvalue weighted by Gasteiger charge is -2.42. The first-order valence-electron chi connectivity index (χ1n) is 11.3. The normalized spacial score (nSPS) is 31.1. The zero-order chi connectivity index (χ0) is 23.7. The van der Waals surface area contributed by atoms with Crippen LogP contribution in [0.4, 0.5) is 8.78 Å². The lowest BCUT2D eigenvalue weighted by molar-refractivity contribution is -0.0292. The van der Waals surface area contributed by atoms with E-state index in [9.17, 15) is 17.2 Å². The molecule has 3 heterocycles. The molecule has 0 saturated carbocycles. The third-order valence-corrected chi connectivity index (χ3v) is 9.52. The van der Waals surface area contributed by atoms with Crippen LogP contribution in [0.3, 0.4) is 0 Å². The van der Waals surface area contributed by atoms with Crippen LogP contribution in [0.25, 0.3) is 0 Å². The molecule has 9 heteroatoms. The van der Waals surface area contributed by atoms with Crippen molar-refractivity contribution in [1.82, 2.24) is 9.21 Å². The Morgan fingerprint density at radius 3 is 2.41 bits per heavy atom. The molecule has 32 heavy (non-hydrogen) atoms. The number of piperidine rings is 1. The Hall–Kier alpha value is -1.31. The van der Waals surface area contributed by atoms with E-state index in [1.807, 2.05) is 5.92 Å². The van der Waals surface area contributed by atoms with Gasteiger partial charge in [-0.25, -0.2) is 17.1 Å². The highest BCUT2D eigenvalue weighted by atomic mass is 32.2. The fourth-order valence-corrected chi connectivity index (χ4v) is 6.47. The quantitative estimate of drug-likeness (QED) is 0.493. The molecule has 6 nitrogen and oxygen atoms in total. The number of terminal acetylenes is 1. The standard InChI is InChI=1S/C23H35F2N3O3S/c1-5-18(25)12-20(17(4)24)22-21(26)13-19(14-31-22)27-9-6-23(15-27)7-10-28(11-8-23)32(29,30)16(2)3/h1,12,16,19,21-22H,6-11,13-15,26H2,2-4H3. The van der Waals surface area contributed by atoms with Crippen LogP contribution in [0.1, 0.15) is 46.5 Å². The molecular weight excluding hydrogens is 436 g/mol. The molecule has 3 saturated heterocycles. The molecule has 3 unspecified atom stereocenters. The lowest BCUT2D eigenvalue weighted by Crippen LogP contribution is -2.53. The van der Waals surface area contributed by atoms with Gasteiger partial charge in [0.05, 0.1) is 11.9 Å². The minimum atomic E-state index is -3.21. The molecule has 0 radical (unpaired) electrons. The molecule has 180 valence electrons. The van der Waals surface area contributed by atoms with Gasteiger partial charge < -0.3 is 10.5 Å². The van der Waals surface area contributed by atoms with Crippen LogP contribution in [0.15, 0.2) is 23.3 Å². The van der Waals surface area contributed by atoms with Gasteiger partial charge in [0.15, 0.2) is 5.83 Å². The van der Waals surface area contributed by atoms with Gasteiger partial charge in [-0.2, -0.15) is 4.39 Å². The van der Waals surface area contributed by atoms with Crippen LogP contribution in [0.2, 0.25) is 0 Å². The topological polar surface area (TPSA) is 75.9 Å². The van der Waals surface area contributed by atoms with E-state index in [1.165, 1.54) is 6.92 Å². The molecule has 3 aliphatic heterocycles. The molecule has 0 aromatic carbocycles. The van der Waals surface area contributed by atoms with Gasteiger partial charge in [0.2, 0.25) is 10.0 Å². The zero-order valence-electron chi connectivity index (χ0n) is 19.2. The average molecular weight is 472 g/mol. The Labute approximate surface area is 190 Å². The molecule has 0 aliphatic carbocycles. The third kappa shape index (κ3) is 5.26. The van der Waals surface area contributed by atoms with Crippen LogP contribution < -0.4 is 5.73 Å². The number of rotatable bonds is 5. The number of allylic oxidation sites excluding steroid dienone is 2. The molecule has 3 aliphatic rings. The van der Waals surface area contributed by atoms with E-state index in [4.69, 9.17) is 16.9 Å². The summed E-state index contributed by atoms with van der Waals surface area (Å²) in [7, 11) is -3.21. The van der Waals surface area contributed by atoms with Gasteiger partial charge in [-0.15, -0.1) is 6.42 Å². The van der Waals surface area contributed by atoms with Crippen molar-refractivity contribution >= 4 is 10.0 Å². The van der Waals surface area contributed by atoms with Crippen molar-refractivity contribution in [3.05, 3.63) is 23.3 Å². The largest absolute Gasteiger partial charge is 0.370 e. The van der Waals surface area contributed by atoms with Crippen molar-refractivity contribution in [3.63, 3.8) is 0 Å². The first-order valence-corrected chi connectivity index (χ1v) is 12.8. The molecule has 0 aromatic rings. The minimum Gasteiger partial charge on any atom is -0.370 e. The molecular formula is C23H35F2N3O3S. The third-order valence-electron chi connectivity index (χ3n) is 7.25. The molecule has 3 atom stereocenters. The van der Waals surface area contributed by atoms with Gasteiger partial charge in [0.25, 0.3) is 0 Å². The maximum Gasteiger partial charge on any atom is 0.216 e. The fraction of sp³-hybridized carbons (Fsp3) is 0.739. The van der Waals surface area contributed by atoms with E-state index in [0.29, 0.717) is 26.1 Å². The fourth-order valence-electron chi connectivity index (χ4n) is 5.18. The van der Waals surface area contributed by atoms with E-state index in [0.717, 1.165) is 38.4 Å². The van der Waals surface area contributed by atoms with E-state index in [2.05, 4.69) is 4.90 Å². The zero-order valence-corrected chi connectivity index (χ0v) is 20.0. The Morgan fingerprint density at radius 2 is 1.88 bits per heavy atom. The molecule has 3 rings (SSSR count). The number of halogens is 2. The minimum absolute atomic E-state index is 0.0584. The van der Waals surface area contributed by atoms with Crippen LogP contribution in [0.5, 0.6) is 0 Å². The summed E-state index contributed by atoms with van der Waals surface area (Å²) < 4.78 is 60.1. The molecule has 2 N–H and O–H groups in total. The van der Waals surface area contributed by atoms with E-state index in [1.54, 1.807) is 18.2 Å². The summed E-state index contributed by atoms with van der Waals surface area (Å²) in [5.41, 5.74) is 6.50. The van der Waals surface area contributed by atoms with Crippen molar-refractivity contribution < 1.29 is 21.9 Å². The van der Waals surface area contributed by atoms with Crippen molar-refractivity contribution in [2.45, 2.75) is 69.9 Å². The van der Waals surface area contributed by atoms with Gasteiger partial charge in [0, 0.05) is 37.3 Å². The smallest absolute Gasteiger partial charge is 0.216 e. The first-order chi connectivity index (χ1) is 15.0. The SMILES string of the molecule is C#CC(F)=CC(=C(C)F)C1OCC(N2CCC3(CCN(S(=O)(=O)C(C)C)CC3)C2)CC1N. The summed E-state index contributed by atoms with van der Waals surface area (Å²) in [6.45, 7) is 7.97. The lowest BCUT2D eigenvalue weighted by atomic mass is 9.78. The van der Waals surface area contributed by atoms with Gasteiger partial charge in [-0.05, 0) is 70.4 Å². The van der Waals surface area contributed by atoms with Crippen molar-refractivity contribution in [3.8, 4) is 12.3 Å². The summed E-state index contributed by atoms with van der Waals surface area (Å²) in [6.07, 6.45) is 8.62. The first kappa shape index (κ1) is 25.3. The van der Waals surface area contributed by atoms with Gasteiger partial charge in [0.1, 0.15) is 11.9 Å². The Bertz CT molecular complexity index is 898. The second-order valence-corrected chi connectivity index (χ2v) is 12.1. The number of hydrogen-bond donors (Lipinski definition) is 1. The number of hydrogen-bond acceptors (Lipinski definition) is 5. The van der Waals surface area contributed by atoms with Crippen molar-refractivity contribution in [2.24, 2.45) is 11.1 Å². The maximum absolute atomic E-state index is 14.0. The predicted octanol–water partition coefficient (Wildman–Crippen LogP) is 2.73. The highest BCUT2D eigenvalue weighted by Crippen LogP contribution is 2.42. The van der Waals surface area contributed by atoms with Crippen LogP contribution in [0, 0.1) is 17.8 Å². The monoisotopic (exact) mass is 471 g/mol. The molecule has 0 amide bonds. The number of nitrogens with two attached hydrogens (primary N) is 1. The number of ether oxygens (including phenoxy) is 1. The summed E-state index contributed by atoms with van der Waals surface area (Å²) in [5, 5.41) is -0.402. The summed E-state index contributed by atoms with van der Waals surface area (Å²) in [5.74, 6) is 0.440. The van der Waals surface area contributed by atoms with Crippen LogP contribution in [-0.2, 0) is 14.8 Å².